The molecule has 7 fully saturated rings. The normalized spacial score (nSPS) is 24.8. The van der Waals surface area contributed by atoms with Crippen LogP contribution in [0.5, 0.6) is 0 Å². The van der Waals surface area contributed by atoms with Gasteiger partial charge in [-0.3, -0.25) is 0 Å². The fourth-order valence-electron chi connectivity index (χ4n) is 6.24. The van der Waals surface area contributed by atoms with Gasteiger partial charge in [-0.2, -0.15) is 23.5 Å². The molecular weight excluding hydrogens is 713 g/mol. The van der Waals surface area contributed by atoms with Gasteiger partial charge in [0.2, 0.25) is 0 Å². The highest BCUT2D eigenvalue weighted by molar-refractivity contribution is 7.99. The molecule has 0 radical (unpaired) electrons. The predicted octanol–water partition coefficient (Wildman–Crippen LogP) is 0.983. The number of hydrogen-bond donors (Lipinski definition) is 7. The molecule has 0 amide bonds. The lowest BCUT2D eigenvalue weighted by Gasteiger charge is -2.09. The van der Waals surface area contributed by atoms with Crippen LogP contribution in [0.25, 0.3) is 0 Å². The average Bonchev–Trinajstić information content (AvgIpc) is 3.92. The van der Waals surface area contributed by atoms with E-state index in [9.17, 15) is 0 Å². The Kier molecular flexibility index (Phi) is 40.0. The summed E-state index contributed by atoms with van der Waals surface area (Å²) in [6.07, 6.45) is 9.21. The van der Waals surface area contributed by atoms with Crippen molar-refractivity contribution in [3.05, 3.63) is 0 Å². The Hall–Kier alpha value is 0.220. The van der Waals surface area contributed by atoms with Gasteiger partial charge in [0, 0.05) is 90.0 Å². The summed E-state index contributed by atoms with van der Waals surface area (Å²) in [6.45, 7) is 29.0. The Labute approximate surface area is 344 Å². The Bertz CT molecular complexity index is 549. The van der Waals surface area contributed by atoms with Crippen LogP contribution >= 0.6 is 23.5 Å². The van der Waals surface area contributed by atoms with Crippen LogP contribution in [-0.2, 0) is 0 Å². The van der Waals surface area contributed by atoms with Gasteiger partial charge < -0.3 is 61.7 Å². The van der Waals surface area contributed by atoms with Crippen LogP contribution in [0.2, 0.25) is 0 Å². The van der Waals surface area contributed by atoms with E-state index in [2.05, 4.69) is 120 Å². The van der Waals surface area contributed by atoms with E-state index in [1.165, 1.54) is 192 Å². The van der Waals surface area contributed by atoms with Crippen molar-refractivity contribution >= 4 is 23.5 Å². The highest BCUT2D eigenvalue weighted by Gasteiger charge is 2.04. The van der Waals surface area contributed by atoms with Gasteiger partial charge in [-0.25, -0.2) is 0 Å². The molecule has 0 aromatic rings. The molecule has 7 rings (SSSR count). The maximum atomic E-state index is 3.34. The number of nitrogens with zero attached hydrogens (tertiary/aromatic N) is 5. The largest absolute Gasteiger partial charge is 0.316 e. The summed E-state index contributed by atoms with van der Waals surface area (Å²) >= 11 is 4.11. The number of rotatable bonds is 0. The first kappa shape index (κ1) is 52.2. The van der Waals surface area contributed by atoms with Gasteiger partial charge in [0.15, 0.2) is 0 Å². The van der Waals surface area contributed by atoms with Crippen molar-refractivity contribution in [1.29, 1.82) is 0 Å². The van der Waals surface area contributed by atoms with Gasteiger partial charge >= 0.3 is 0 Å². The lowest BCUT2D eigenvalue weighted by molar-refractivity contribution is 0.358. The van der Waals surface area contributed by atoms with E-state index >= 15 is 0 Å². The third-order valence-electron chi connectivity index (χ3n) is 9.95. The maximum Gasteiger partial charge on any atom is 0.0104 e. The molecule has 14 heteroatoms. The minimum absolute atomic E-state index is 1.16. The second-order valence-electron chi connectivity index (χ2n) is 15.5. The number of likely N-dealkylation sites (N-methyl/N-ethyl adjacent to an activating group) is 5. The van der Waals surface area contributed by atoms with Gasteiger partial charge in [0.05, 0.1) is 0 Å². The summed E-state index contributed by atoms with van der Waals surface area (Å²) in [4.78, 5) is 11.8. The van der Waals surface area contributed by atoms with Gasteiger partial charge in [-0.1, -0.05) is 0 Å². The molecule has 324 valence electrons. The van der Waals surface area contributed by atoms with Crippen molar-refractivity contribution in [3.8, 4) is 0 Å². The minimum Gasteiger partial charge on any atom is -0.316 e. The molecular formula is C40H92N12S2. The Morgan fingerprint density at radius 2 is 0.463 bits per heavy atom. The first-order chi connectivity index (χ1) is 26.5. The van der Waals surface area contributed by atoms with E-state index in [0.29, 0.717) is 0 Å². The van der Waals surface area contributed by atoms with Gasteiger partial charge in [0.1, 0.15) is 0 Å². The summed E-state index contributed by atoms with van der Waals surface area (Å²) in [5.74, 6) is 5.32. The third kappa shape index (κ3) is 39.1. The summed E-state index contributed by atoms with van der Waals surface area (Å²) in [7, 11) is 10.9. The van der Waals surface area contributed by atoms with Crippen LogP contribution in [0.1, 0.15) is 44.9 Å². The molecule has 7 aliphatic heterocycles. The van der Waals surface area contributed by atoms with Crippen LogP contribution in [0.3, 0.4) is 0 Å². The van der Waals surface area contributed by atoms with Crippen LogP contribution in [0, 0.1) is 0 Å². The zero-order valence-corrected chi connectivity index (χ0v) is 37.9. The molecule has 0 aliphatic carbocycles. The van der Waals surface area contributed by atoms with E-state index in [1.54, 1.807) is 0 Å². The molecule has 0 aromatic carbocycles. The molecule has 54 heavy (non-hydrogen) atoms. The molecule has 0 atom stereocenters. The van der Waals surface area contributed by atoms with Crippen LogP contribution < -0.4 is 37.2 Å². The summed E-state index contributed by atoms with van der Waals surface area (Å²) in [5.41, 5.74) is 0. The topological polar surface area (TPSA) is 100 Å². The van der Waals surface area contributed by atoms with Gasteiger partial charge in [-0.05, 0) is 170 Å². The molecule has 0 saturated carbocycles. The minimum atomic E-state index is 1.16. The molecule has 7 aliphatic rings. The van der Waals surface area contributed by atoms with Crippen LogP contribution in [0.4, 0.5) is 0 Å². The fourth-order valence-corrected chi connectivity index (χ4v) is 7.93. The van der Waals surface area contributed by atoms with Gasteiger partial charge in [0.25, 0.3) is 0 Å². The van der Waals surface area contributed by atoms with Crippen molar-refractivity contribution in [2.45, 2.75) is 44.9 Å². The van der Waals surface area contributed by atoms with Crippen LogP contribution in [0.15, 0.2) is 0 Å². The zero-order valence-electron chi connectivity index (χ0n) is 36.3. The highest BCUT2D eigenvalue weighted by Crippen LogP contribution is 2.03. The third-order valence-corrected chi connectivity index (χ3v) is 12.1. The number of hydrogen-bond acceptors (Lipinski definition) is 14. The Morgan fingerprint density at radius 3 is 0.722 bits per heavy atom. The number of nitrogens with one attached hydrogen (secondary N) is 7. The molecule has 0 bridgehead atoms. The standard InChI is InChI=1S/5C6H14N2.2C5H11NS/c5*1-8-5-2-3-7-4-6-8;2*1-2-6-3-5-7-4-1/h5*7H,2-6H2,1H3;2*6H,1-5H2. The summed E-state index contributed by atoms with van der Waals surface area (Å²) in [5, 5.41) is 23.3. The quantitative estimate of drug-likeness (QED) is 0.190. The second-order valence-corrected chi connectivity index (χ2v) is 17.9. The van der Waals surface area contributed by atoms with Crippen molar-refractivity contribution in [2.75, 3.05) is 215 Å². The van der Waals surface area contributed by atoms with Crippen molar-refractivity contribution in [3.63, 3.8) is 0 Å². The molecule has 7 saturated heterocycles. The monoisotopic (exact) mass is 805 g/mol. The molecule has 0 aromatic heterocycles. The first-order valence-corrected chi connectivity index (χ1v) is 24.3. The lowest BCUT2D eigenvalue weighted by Crippen LogP contribution is -2.23. The molecule has 0 unspecified atom stereocenters. The summed E-state index contributed by atoms with van der Waals surface area (Å²) in [6, 6.07) is 0. The Balaban J connectivity index is 0.000000315. The van der Waals surface area contributed by atoms with E-state index in [-0.39, 0.29) is 0 Å². The SMILES string of the molecule is C1CNCCSC1.C1CNCCSC1.CN1CCCNCC1.CN1CCCNCC1.CN1CCCNCC1.CN1CCCNCC1.CN1CCCNCC1. The number of thioether (sulfide) groups is 2. The average molecular weight is 805 g/mol. The fraction of sp³-hybridized carbons (Fsp3) is 1.00. The highest BCUT2D eigenvalue weighted by atomic mass is 32.2. The second kappa shape index (κ2) is 41.4. The molecule has 12 nitrogen and oxygen atoms in total. The van der Waals surface area contributed by atoms with Gasteiger partial charge in [-0.15, -0.1) is 0 Å². The van der Waals surface area contributed by atoms with Crippen LogP contribution in [-0.4, -0.2) is 240 Å². The first-order valence-electron chi connectivity index (χ1n) is 22.0. The van der Waals surface area contributed by atoms with E-state index in [0.717, 1.165) is 32.7 Å². The van der Waals surface area contributed by atoms with E-state index < -0.39 is 0 Å². The van der Waals surface area contributed by atoms with Crippen molar-refractivity contribution in [2.24, 2.45) is 0 Å². The zero-order chi connectivity index (χ0) is 39.0. The molecule has 7 N–H and O–H groups in total. The molecule has 7 heterocycles. The van der Waals surface area contributed by atoms with Crippen molar-refractivity contribution in [1.82, 2.24) is 61.7 Å². The smallest absolute Gasteiger partial charge is 0.0104 e. The lowest BCUT2D eigenvalue weighted by atomic mass is 10.4. The van der Waals surface area contributed by atoms with E-state index in [1.807, 2.05) is 0 Å². The predicted molar refractivity (Wildman–Crippen MR) is 245 cm³/mol. The van der Waals surface area contributed by atoms with E-state index in [4.69, 9.17) is 0 Å². The van der Waals surface area contributed by atoms with Crippen molar-refractivity contribution < 1.29 is 0 Å². The maximum absolute atomic E-state index is 3.34. The summed E-state index contributed by atoms with van der Waals surface area (Å²) < 4.78 is 0. The Morgan fingerprint density at radius 1 is 0.241 bits per heavy atom. The molecule has 0 spiro atoms.